The van der Waals surface area contributed by atoms with Crippen LogP contribution in [0.3, 0.4) is 0 Å². The molecule has 92 valence electrons. The summed E-state index contributed by atoms with van der Waals surface area (Å²) in [5.41, 5.74) is 0. The van der Waals surface area contributed by atoms with E-state index >= 15 is 0 Å². The first-order valence-electron chi connectivity index (χ1n) is 6.71. The maximum absolute atomic E-state index is 10.5. The van der Waals surface area contributed by atoms with Gasteiger partial charge in [-0.25, -0.2) is 0 Å². The number of rotatable bonds is 4. The quantitative estimate of drug-likeness (QED) is 0.799. The maximum Gasteiger partial charge on any atom is 0.303 e. The number of hydrogen-bond acceptors (Lipinski definition) is 2. The molecule has 1 aliphatic carbocycles. The summed E-state index contributed by atoms with van der Waals surface area (Å²) in [5, 5.41) is 8.66. The lowest BCUT2D eigenvalue weighted by Crippen LogP contribution is -2.40. The summed E-state index contributed by atoms with van der Waals surface area (Å²) in [5.74, 6) is 0.0203. The number of piperidine rings is 1. The standard InChI is InChI=1S/C13H23NO2/c15-13(16)6-5-11-7-9-14(10-8-11)12-3-1-2-4-12/h11-12H,1-10H2,(H,15,16). The lowest BCUT2D eigenvalue weighted by Gasteiger charge is -2.35. The Morgan fingerprint density at radius 1 is 1.12 bits per heavy atom. The van der Waals surface area contributed by atoms with Crippen LogP contribution in [0.1, 0.15) is 51.4 Å². The van der Waals surface area contributed by atoms with Crippen molar-refractivity contribution in [1.29, 1.82) is 0 Å². The molecule has 2 fully saturated rings. The van der Waals surface area contributed by atoms with Crippen LogP contribution in [0.15, 0.2) is 0 Å². The fourth-order valence-corrected chi connectivity index (χ4v) is 3.20. The molecule has 0 atom stereocenters. The van der Waals surface area contributed by atoms with Crippen LogP contribution in [0.2, 0.25) is 0 Å². The molecule has 1 saturated heterocycles. The SMILES string of the molecule is O=C(O)CCC1CCN(C2CCCC2)CC1. The number of carboxylic acids is 1. The van der Waals surface area contributed by atoms with Crippen molar-refractivity contribution in [3.63, 3.8) is 0 Å². The van der Waals surface area contributed by atoms with Crippen LogP contribution >= 0.6 is 0 Å². The van der Waals surface area contributed by atoms with E-state index in [-0.39, 0.29) is 0 Å². The van der Waals surface area contributed by atoms with Gasteiger partial charge < -0.3 is 10.0 Å². The van der Waals surface area contributed by atoms with Gasteiger partial charge in [-0.1, -0.05) is 12.8 Å². The summed E-state index contributed by atoms with van der Waals surface area (Å²) in [4.78, 5) is 13.1. The molecule has 1 aliphatic heterocycles. The summed E-state index contributed by atoms with van der Waals surface area (Å²) in [6, 6.07) is 0.848. The van der Waals surface area contributed by atoms with Gasteiger partial charge >= 0.3 is 5.97 Å². The van der Waals surface area contributed by atoms with Crippen molar-refractivity contribution in [2.24, 2.45) is 5.92 Å². The Morgan fingerprint density at radius 2 is 1.75 bits per heavy atom. The fraction of sp³-hybridized carbons (Fsp3) is 0.923. The molecule has 0 radical (unpaired) electrons. The minimum Gasteiger partial charge on any atom is -0.481 e. The molecule has 3 heteroatoms. The van der Waals surface area contributed by atoms with Crippen molar-refractivity contribution in [2.45, 2.75) is 57.4 Å². The Morgan fingerprint density at radius 3 is 2.31 bits per heavy atom. The molecule has 1 saturated carbocycles. The van der Waals surface area contributed by atoms with E-state index in [1.165, 1.54) is 51.6 Å². The van der Waals surface area contributed by atoms with E-state index in [0.29, 0.717) is 12.3 Å². The summed E-state index contributed by atoms with van der Waals surface area (Å²) in [7, 11) is 0. The third-order valence-electron chi connectivity index (χ3n) is 4.26. The van der Waals surface area contributed by atoms with Crippen LogP contribution in [0.5, 0.6) is 0 Å². The van der Waals surface area contributed by atoms with Gasteiger partial charge in [0.2, 0.25) is 0 Å². The maximum atomic E-state index is 10.5. The van der Waals surface area contributed by atoms with Crippen LogP contribution in [-0.4, -0.2) is 35.1 Å². The highest BCUT2D eigenvalue weighted by Crippen LogP contribution is 2.29. The minimum atomic E-state index is -0.641. The van der Waals surface area contributed by atoms with E-state index in [9.17, 15) is 4.79 Å². The monoisotopic (exact) mass is 225 g/mol. The molecule has 3 nitrogen and oxygen atoms in total. The summed E-state index contributed by atoms with van der Waals surface area (Å²) in [6.07, 6.45) is 9.25. The third-order valence-corrected chi connectivity index (χ3v) is 4.26. The van der Waals surface area contributed by atoms with Gasteiger partial charge in [0.1, 0.15) is 0 Å². The molecular formula is C13H23NO2. The smallest absolute Gasteiger partial charge is 0.303 e. The lowest BCUT2D eigenvalue weighted by atomic mass is 9.91. The average molecular weight is 225 g/mol. The van der Waals surface area contributed by atoms with Crippen molar-refractivity contribution in [2.75, 3.05) is 13.1 Å². The highest BCUT2D eigenvalue weighted by atomic mass is 16.4. The van der Waals surface area contributed by atoms with Gasteiger partial charge in [-0.15, -0.1) is 0 Å². The van der Waals surface area contributed by atoms with Crippen molar-refractivity contribution in [1.82, 2.24) is 4.90 Å². The zero-order chi connectivity index (χ0) is 11.4. The van der Waals surface area contributed by atoms with Crippen molar-refractivity contribution >= 4 is 5.97 Å². The second kappa shape index (κ2) is 5.67. The van der Waals surface area contributed by atoms with Crippen molar-refractivity contribution in [3.05, 3.63) is 0 Å². The van der Waals surface area contributed by atoms with E-state index in [4.69, 9.17) is 5.11 Å². The van der Waals surface area contributed by atoms with Gasteiger partial charge in [-0.05, 0) is 51.1 Å². The third kappa shape index (κ3) is 3.21. The van der Waals surface area contributed by atoms with Crippen LogP contribution in [0.25, 0.3) is 0 Å². The Balaban J connectivity index is 1.67. The first kappa shape index (κ1) is 11.9. The molecule has 2 rings (SSSR count). The Bertz CT molecular complexity index is 228. The van der Waals surface area contributed by atoms with Crippen molar-refractivity contribution < 1.29 is 9.90 Å². The topological polar surface area (TPSA) is 40.5 Å². The van der Waals surface area contributed by atoms with Gasteiger partial charge in [-0.3, -0.25) is 4.79 Å². The normalized spacial score (nSPS) is 25.0. The van der Waals surface area contributed by atoms with Crippen LogP contribution in [0, 0.1) is 5.92 Å². The second-order valence-corrected chi connectivity index (χ2v) is 5.35. The highest BCUT2D eigenvalue weighted by Gasteiger charge is 2.26. The van der Waals surface area contributed by atoms with Gasteiger partial charge in [0.25, 0.3) is 0 Å². The van der Waals surface area contributed by atoms with Crippen LogP contribution in [0.4, 0.5) is 0 Å². The summed E-state index contributed by atoms with van der Waals surface area (Å²) >= 11 is 0. The number of carbonyl (C=O) groups is 1. The molecule has 0 spiro atoms. The molecule has 0 bridgehead atoms. The zero-order valence-electron chi connectivity index (χ0n) is 10.0. The molecule has 0 amide bonds. The lowest BCUT2D eigenvalue weighted by molar-refractivity contribution is -0.137. The molecular weight excluding hydrogens is 202 g/mol. The number of likely N-dealkylation sites (tertiary alicyclic amines) is 1. The van der Waals surface area contributed by atoms with Gasteiger partial charge in [-0.2, -0.15) is 0 Å². The predicted octanol–water partition coefficient (Wildman–Crippen LogP) is 2.51. The molecule has 1 N–H and O–H groups in total. The van der Waals surface area contributed by atoms with E-state index in [2.05, 4.69) is 4.90 Å². The van der Waals surface area contributed by atoms with Crippen LogP contribution in [-0.2, 0) is 4.79 Å². The largest absolute Gasteiger partial charge is 0.481 e. The second-order valence-electron chi connectivity index (χ2n) is 5.35. The highest BCUT2D eigenvalue weighted by molar-refractivity contribution is 5.66. The van der Waals surface area contributed by atoms with Gasteiger partial charge in [0.15, 0.2) is 0 Å². The number of hydrogen-bond donors (Lipinski definition) is 1. The fourth-order valence-electron chi connectivity index (χ4n) is 3.20. The molecule has 0 aromatic heterocycles. The zero-order valence-corrected chi connectivity index (χ0v) is 10.0. The van der Waals surface area contributed by atoms with E-state index < -0.39 is 5.97 Å². The number of aliphatic carboxylic acids is 1. The Labute approximate surface area is 97.8 Å². The molecule has 0 unspecified atom stereocenters. The molecule has 0 aromatic carbocycles. The molecule has 0 aromatic rings. The van der Waals surface area contributed by atoms with Crippen LogP contribution < -0.4 is 0 Å². The Kier molecular flexibility index (Phi) is 4.22. The molecule has 1 heterocycles. The Hall–Kier alpha value is -0.570. The minimum absolute atomic E-state index is 0.355. The van der Waals surface area contributed by atoms with E-state index in [1.54, 1.807) is 0 Å². The number of carboxylic acid groups (broad SMARTS) is 1. The first-order valence-corrected chi connectivity index (χ1v) is 6.71. The summed E-state index contributed by atoms with van der Waals surface area (Å²) in [6.45, 7) is 2.41. The number of nitrogens with zero attached hydrogens (tertiary/aromatic N) is 1. The van der Waals surface area contributed by atoms with Gasteiger partial charge in [0, 0.05) is 12.5 Å². The molecule has 16 heavy (non-hydrogen) atoms. The average Bonchev–Trinajstić information content (AvgIpc) is 2.80. The van der Waals surface area contributed by atoms with Gasteiger partial charge in [0.05, 0.1) is 0 Å². The van der Waals surface area contributed by atoms with E-state index in [0.717, 1.165) is 12.5 Å². The molecule has 2 aliphatic rings. The van der Waals surface area contributed by atoms with Crippen molar-refractivity contribution in [3.8, 4) is 0 Å². The summed E-state index contributed by atoms with van der Waals surface area (Å²) < 4.78 is 0. The first-order chi connectivity index (χ1) is 7.75. The van der Waals surface area contributed by atoms with E-state index in [1.807, 2.05) is 0 Å². The predicted molar refractivity (Wildman–Crippen MR) is 63.4 cm³/mol.